The summed E-state index contributed by atoms with van der Waals surface area (Å²) in [6.07, 6.45) is 0.246. The van der Waals surface area contributed by atoms with Crippen LogP contribution < -0.4 is 5.32 Å². The number of furan rings is 1. The van der Waals surface area contributed by atoms with Crippen molar-refractivity contribution in [1.82, 2.24) is 4.90 Å². The number of rotatable bonds is 4. The number of carbonyl (C=O) groups is 2. The van der Waals surface area contributed by atoms with E-state index in [-0.39, 0.29) is 24.2 Å². The highest BCUT2D eigenvalue weighted by molar-refractivity contribution is 6.07. The summed E-state index contributed by atoms with van der Waals surface area (Å²) in [7, 11) is 0. The third-order valence-electron chi connectivity index (χ3n) is 5.45. The number of nitrogens with one attached hydrogen (secondary N) is 1. The maximum absolute atomic E-state index is 12.8. The molecular weight excluding hydrogens is 364 g/mol. The fraction of sp³-hybridized carbons (Fsp3) is 0.167. The van der Waals surface area contributed by atoms with Gasteiger partial charge >= 0.3 is 0 Å². The standard InChI is InChI=1S/C24H20N2O3/c27-23-12-17(15-26(23)14-16-6-2-1-3-7-16)24(28)25-18-10-11-22-20(13-18)19-8-4-5-9-21(19)29-22/h1-11,13,17H,12,14-15H2,(H,25,28). The van der Waals surface area contributed by atoms with Gasteiger partial charge < -0.3 is 14.6 Å². The molecule has 1 unspecified atom stereocenters. The molecule has 0 aliphatic carbocycles. The Hall–Kier alpha value is -3.60. The van der Waals surface area contributed by atoms with Crippen LogP contribution in [0.15, 0.2) is 77.2 Å². The van der Waals surface area contributed by atoms with Crippen LogP contribution in [0.1, 0.15) is 12.0 Å². The maximum Gasteiger partial charge on any atom is 0.229 e. The number of likely N-dealkylation sites (tertiary alicyclic amines) is 1. The van der Waals surface area contributed by atoms with E-state index in [1.807, 2.05) is 72.8 Å². The third-order valence-corrected chi connectivity index (χ3v) is 5.45. The number of nitrogens with zero attached hydrogens (tertiary/aromatic N) is 1. The number of carbonyl (C=O) groups excluding carboxylic acids is 2. The van der Waals surface area contributed by atoms with Gasteiger partial charge in [0.2, 0.25) is 11.8 Å². The molecule has 29 heavy (non-hydrogen) atoms. The Kier molecular flexibility index (Phi) is 4.28. The summed E-state index contributed by atoms with van der Waals surface area (Å²) in [6, 6.07) is 23.3. The molecule has 1 saturated heterocycles. The second-order valence-electron chi connectivity index (χ2n) is 7.46. The van der Waals surface area contributed by atoms with Crippen LogP contribution in [-0.4, -0.2) is 23.3 Å². The fourth-order valence-corrected chi connectivity index (χ4v) is 3.95. The first-order chi connectivity index (χ1) is 14.2. The Morgan fingerprint density at radius 1 is 0.966 bits per heavy atom. The monoisotopic (exact) mass is 384 g/mol. The molecule has 3 aromatic carbocycles. The van der Waals surface area contributed by atoms with E-state index in [4.69, 9.17) is 4.42 Å². The molecular formula is C24H20N2O3. The quantitative estimate of drug-likeness (QED) is 0.560. The summed E-state index contributed by atoms with van der Waals surface area (Å²) in [5, 5.41) is 4.96. The van der Waals surface area contributed by atoms with Crippen LogP contribution >= 0.6 is 0 Å². The van der Waals surface area contributed by atoms with Crippen molar-refractivity contribution in [2.75, 3.05) is 11.9 Å². The van der Waals surface area contributed by atoms with Gasteiger partial charge in [-0.1, -0.05) is 48.5 Å². The number of fused-ring (bicyclic) bond motifs is 3. The van der Waals surface area contributed by atoms with Crippen molar-refractivity contribution in [3.8, 4) is 0 Å². The molecule has 0 spiro atoms. The highest BCUT2D eigenvalue weighted by Gasteiger charge is 2.34. The first-order valence-electron chi connectivity index (χ1n) is 9.71. The van der Waals surface area contributed by atoms with Crippen molar-refractivity contribution in [3.05, 3.63) is 78.4 Å². The number of hydrogen-bond acceptors (Lipinski definition) is 3. The van der Waals surface area contributed by atoms with Crippen molar-refractivity contribution < 1.29 is 14.0 Å². The average molecular weight is 384 g/mol. The minimum atomic E-state index is -0.344. The van der Waals surface area contributed by atoms with Gasteiger partial charge in [0.15, 0.2) is 0 Å². The van der Waals surface area contributed by atoms with Crippen LogP contribution in [0.25, 0.3) is 21.9 Å². The van der Waals surface area contributed by atoms with Gasteiger partial charge in [0.1, 0.15) is 11.2 Å². The second-order valence-corrected chi connectivity index (χ2v) is 7.46. The Morgan fingerprint density at radius 2 is 1.72 bits per heavy atom. The van der Waals surface area contributed by atoms with Gasteiger partial charge in [-0.05, 0) is 29.8 Å². The van der Waals surface area contributed by atoms with Gasteiger partial charge in [-0.15, -0.1) is 0 Å². The van der Waals surface area contributed by atoms with Gasteiger partial charge in [-0.25, -0.2) is 0 Å². The van der Waals surface area contributed by atoms with E-state index in [1.165, 1.54) is 0 Å². The lowest BCUT2D eigenvalue weighted by Gasteiger charge is -2.16. The average Bonchev–Trinajstić information content (AvgIpc) is 3.29. The van der Waals surface area contributed by atoms with E-state index in [0.717, 1.165) is 27.5 Å². The summed E-state index contributed by atoms with van der Waals surface area (Å²) in [4.78, 5) is 26.9. The van der Waals surface area contributed by atoms with Gasteiger partial charge in [0, 0.05) is 36.0 Å². The lowest BCUT2D eigenvalue weighted by molar-refractivity contribution is -0.128. The van der Waals surface area contributed by atoms with E-state index >= 15 is 0 Å². The molecule has 5 nitrogen and oxygen atoms in total. The zero-order valence-corrected chi connectivity index (χ0v) is 15.8. The Morgan fingerprint density at radius 3 is 2.59 bits per heavy atom. The smallest absolute Gasteiger partial charge is 0.229 e. The summed E-state index contributed by atoms with van der Waals surface area (Å²) >= 11 is 0. The highest BCUT2D eigenvalue weighted by Crippen LogP contribution is 2.31. The van der Waals surface area contributed by atoms with Gasteiger partial charge in [0.25, 0.3) is 0 Å². The van der Waals surface area contributed by atoms with Gasteiger partial charge in [-0.2, -0.15) is 0 Å². The normalized spacial score (nSPS) is 16.6. The molecule has 0 radical (unpaired) electrons. The van der Waals surface area contributed by atoms with E-state index in [1.54, 1.807) is 4.90 Å². The summed E-state index contributed by atoms with van der Waals surface area (Å²) < 4.78 is 5.83. The minimum absolute atomic E-state index is 0.0188. The van der Waals surface area contributed by atoms with Crippen LogP contribution in [0.3, 0.4) is 0 Å². The third kappa shape index (κ3) is 3.36. The minimum Gasteiger partial charge on any atom is -0.456 e. The molecule has 4 aromatic rings. The molecule has 1 aliphatic heterocycles. The second kappa shape index (κ2) is 7.09. The van der Waals surface area contributed by atoms with Gasteiger partial charge in [0.05, 0.1) is 5.92 Å². The predicted octanol–water partition coefficient (Wildman–Crippen LogP) is 4.57. The predicted molar refractivity (Wildman–Crippen MR) is 112 cm³/mol. The van der Waals surface area contributed by atoms with Crippen LogP contribution in [0, 0.1) is 5.92 Å². The van der Waals surface area contributed by atoms with E-state index in [0.29, 0.717) is 18.8 Å². The summed E-state index contributed by atoms with van der Waals surface area (Å²) in [5.74, 6) is -0.450. The Bertz CT molecular complexity index is 1210. The molecule has 144 valence electrons. The van der Waals surface area contributed by atoms with Crippen LogP contribution in [-0.2, 0) is 16.1 Å². The number of benzene rings is 3. The molecule has 5 rings (SSSR count). The van der Waals surface area contributed by atoms with Crippen LogP contribution in [0.2, 0.25) is 0 Å². The molecule has 1 aliphatic rings. The number of amides is 2. The molecule has 1 N–H and O–H groups in total. The van der Waals surface area contributed by atoms with E-state index in [9.17, 15) is 9.59 Å². The van der Waals surface area contributed by atoms with Crippen LogP contribution in [0.4, 0.5) is 5.69 Å². The molecule has 0 saturated carbocycles. The molecule has 2 heterocycles. The largest absolute Gasteiger partial charge is 0.456 e. The zero-order chi connectivity index (χ0) is 19.8. The summed E-state index contributed by atoms with van der Waals surface area (Å²) in [6.45, 7) is 0.979. The summed E-state index contributed by atoms with van der Waals surface area (Å²) in [5.41, 5.74) is 3.39. The topological polar surface area (TPSA) is 62.6 Å². The molecule has 5 heteroatoms. The molecule has 0 bridgehead atoms. The first kappa shape index (κ1) is 17.5. The molecule has 1 fully saturated rings. The van der Waals surface area contributed by atoms with Gasteiger partial charge in [-0.3, -0.25) is 9.59 Å². The Labute approximate surface area is 167 Å². The maximum atomic E-state index is 12.8. The van der Waals surface area contributed by atoms with Crippen molar-refractivity contribution in [2.24, 2.45) is 5.92 Å². The first-order valence-corrected chi connectivity index (χ1v) is 9.71. The lowest BCUT2D eigenvalue weighted by Crippen LogP contribution is -2.28. The van der Waals surface area contributed by atoms with Crippen molar-refractivity contribution in [1.29, 1.82) is 0 Å². The van der Waals surface area contributed by atoms with Crippen molar-refractivity contribution in [3.63, 3.8) is 0 Å². The van der Waals surface area contributed by atoms with Crippen LogP contribution in [0.5, 0.6) is 0 Å². The van der Waals surface area contributed by atoms with Crippen molar-refractivity contribution >= 4 is 39.4 Å². The SMILES string of the molecule is O=C(Nc1ccc2oc3ccccc3c2c1)C1CC(=O)N(Cc2ccccc2)C1. The van der Waals surface area contributed by atoms with Crippen molar-refractivity contribution in [2.45, 2.75) is 13.0 Å². The highest BCUT2D eigenvalue weighted by atomic mass is 16.3. The number of anilines is 1. The molecule has 1 atom stereocenters. The molecule has 1 aromatic heterocycles. The Balaban J connectivity index is 1.31. The number of para-hydroxylation sites is 1. The number of hydrogen-bond donors (Lipinski definition) is 1. The molecule has 2 amide bonds. The van der Waals surface area contributed by atoms with E-state index < -0.39 is 0 Å². The van der Waals surface area contributed by atoms with E-state index in [2.05, 4.69) is 5.32 Å². The zero-order valence-electron chi connectivity index (χ0n) is 15.8. The fourth-order valence-electron chi connectivity index (χ4n) is 3.95. The lowest BCUT2D eigenvalue weighted by atomic mass is 10.1.